The highest BCUT2D eigenvalue weighted by atomic mass is 32.2. The fourth-order valence-corrected chi connectivity index (χ4v) is 7.84. The van der Waals surface area contributed by atoms with Gasteiger partial charge in [-0.25, -0.2) is 17.8 Å². The number of fused-ring (bicyclic) bond motifs is 3. The minimum Gasteiger partial charge on any atom is -0.336 e. The van der Waals surface area contributed by atoms with Crippen molar-refractivity contribution < 1.29 is 12.8 Å². The average Bonchev–Trinajstić information content (AvgIpc) is 3.41. The standard InChI is InChI=1S/C30H39FN4O2S/c1-19(2)18-35-22-6-7-23(35)17-24(16-22)34-14-12-20(13-15-34)26-10-11-27-29(28(26)31)33-30(32-27)21-4-8-25(9-5-21)38(3,36)37/h4-5,8-11,19-20,22-24H,6-7,12-18H2,1-3H3,(H,32,33). The number of likely N-dealkylation sites (tertiary alicyclic amines) is 1. The predicted molar refractivity (Wildman–Crippen MR) is 150 cm³/mol. The van der Waals surface area contributed by atoms with Gasteiger partial charge in [0.2, 0.25) is 0 Å². The van der Waals surface area contributed by atoms with Crippen LogP contribution in [0.3, 0.4) is 0 Å². The smallest absolute Gasteiger partial charge is 0.175 e. The Hall–Kier alpha value is -2.29. The molecule has 204 valence electrons. The molecular weight excluding hydrogens is 499 g/mol. The molecule has 3 aromatic rings. The fourth-order valence-electron chi connectivity index (χ4n) is 7.21. The van der Waals surface area contributed by atoms with Crippen LogP contribution in [0, 0.1) is 11.7 Å². The van der Waals surface area contributed by atoms with E-state index in [1.807, 2.05) is 12.1 Å². The Labute approximate surface area is 225 Å². The van der Waals surface area contributed by atoms with Crippen LogP contribution in [0.1, 0.15) is 63.9 Å². The van der Waals surface area contributed by atoms with Gasteiger partial charge in [0.25, 0.3) is 0 Å². The van der Waals surface area contributed by atoms with E-state index in [4.69, 9.17) is 0 Å². The summed E-state index contributed by atoms with van der Waals surface area (Å²) in [6.45, 7) is 7.96. The van der Waals surface area contributed by atoms with Crippen LogP contribution < -0.4 is 0 Å². The summed E-state index contributed by atoms with van der Waals surface area (Å²) in [5.74, 6) is 1.29. The van der Waals surface area contributed by atoms with Gasteiger partial charge < -0.3 is 9.88 Å². The maximum atomic E-state index is 15.7. The average molecular weight is 539 g/mol. The van der Waals surface area contributed by atoms with Crippen molar-refractivity contribution in [3.8, 4) is 11.4 Å². The Morgan fingerprint density at radius 3 is 2.24 bits per heavy atom. The molecule has 6 nitrogen and oxygen atoms in total. The molecule has 6 rings (SSSR count). The van der Waals surface area contributed by atoms with Crippen LogP contribution in [0.4, 0.5) is 4.39 Å². The molecule has 38 heavy (non-hydrogen) atoms. The molecule has 3 saturated heterocycles. The molecule has 1 aromatic heterocycles. The van der Waals surface area contributed by atoms with Crippen LogP contribution in [-0.2, 0) is 9.84 Å². The van der Waals surface area contributed by atoms with Gasteiger partial charge in [0.05, 0.1) is 10.4 Å². The summed E-state index contributed by atoms with van der Waals surface area (Å²) in [7, 11) is -3.27. The zero-order chi connectivity index (χ0) is 26.6. The van der Waals surface area contributed by atoms with E-state index in [9.17, 15) is 8.42 Å². The molecule has 0 saturated carbocycles. The number of halogens is 1. The topological polar surface area (TPSA) is 69.3 Å². The number of aromatic nitrogens is 2. The van der Waals surface area contributed by atoms with Crippen molar-refractivity contribution in [2.75, 3.05) is 25.9 Å². The third-order valence-electron chi connectivity index (χ3n) is 9.10. The van der Waals surface area contributed by atoms with E-state index in [0.29, 0.717) is 22.9 Å². The molecule has 3 fully saturated rings. The van der Waals surface area contributed by atoms with Gasteiger partial charge in [0.15, 0.2) is 15.7 Å². The molecule has 2 atom stereocenters. The summed E-state index contributed by atoms with van der Waals surface area (Å²) in [5, 5.41) is 0. The first-order chi connectivity index (χ1) is 18.2. The van der Waals surface area contributed by atoms with Gasteiger partial charge >= 0.3 is 0 Å². The second-order valence-electron chi connectivity index (χ2n) is 12.2. The van der Waals surface area contributed by atoms with Crippen molar-refractivity contribution >= 4 is 20.9 Å². The van der Waals surface area contributed by atoms with E-state index >= 15 is 4.39 Å². The summed E-state index contributed by atoms with van der Waals surface area (Å²) in [6.07, 6.45) is 8.43. The fraction of sp³-hybridized carbons (Fsp3) is 0.567. The SMILES string of the molecule is CC(C)CN1C2CCC1CC(N1CCC(c3ccc4nc(-c5ccc(S(C)(=O)=O)cc5)[nH]c4c3F)CC1)C2. The van der Waals surface area contributed by atoms with Crippen molar-refractivity contribution in [1.82, 2.24) is 19.8 Å². The highest BCUT2D eigenvalue weighted by Gasteiger charge is 2.43. The predicted octanol–water partition coefficient (Wildman–Crippen LogP) is 5.60. The Balaban J connectivity index is 1.13. The van der Waals surface area contributed by atoms with Crippen LogP contribution in [0.5, 0.6) is 0 Å². The lowest BCUT2D eigenvalue weighted by Gasteiger charge is -2.46. The van der Waals surface area contributed by atoms with Crippen LogP contribution in [0.2, 0.25) is 0 Å². The molecule has 0 spiro atoms. The summed E-state index contributed by atoms with van der Waals surface area (Å²) >= 11 is 0. The number of rotatable bonds is 6. The van der Waals surface area contributed by atoms with Crippen LogP contribution in [0.15, 0.2) is 41.3 Å². The monoisotopic (exact) mass is 538 g/mol. The number of hydrogen-bond acceptors (Lipinski definition) is 5. The first-order valence-corrected chi connectivity index (χ1v) is 16.0. The quantitative estimate of drug-likeness (QED) is 0.442. The number of benzene rings is 2. The summed E-state index contributed by atoms with van der Waals surface area (Å²) in [5.41, 5.74) is 2.54. The third-order valence-corrected chi connectivity index (χ3v) is 10.2. The zero-order valence-electron chi connectivity index (χ0n) is 22.7. The Bertz CT molecular complexity index is 1400. The Morgan fingerprint density at radius 1 is 0.974 bits per heavy atom. The maximum Gasteiger partial charge on any atom is 0.175 e. The molecule has 0 amide bonds. The first kappa shape index (κ1) is 26.0. The third kappa shape index (κ3) is 4.91. The largest absolute Gasteiger partial charge is 0.336 e. The van der Waals surface area contributed by atoms with Crippen molar-refractivity contribution in [3.05, 3.63) is 47.8 Å². The number of H-pyrrole nitrogens is 1. The molecule has 4 heterocycles. The first-order valence-electron chi connectivity index (χ1n) is 14.2. The molecule has 0 aliphatic carbocycles. The molecule has 3 aliphatic heterocycles. The van der Waals surface area contributed by atoms with E-state index < -0.39 is 9.84 Å². The number of nitrogens with one attached hydrogen (secondary N) is 1. The lowest BCUT2D eigenvalue weighted by Crippen LogP contribution is -2.52. The molecular formula is C30H39FN4O2S. The molecule has 2 unspecified atom stereocenters. The second kappa shape index (κ2) is 10.0. The van der Waals surface area contributed by atoms with Gasteiger partial charge in [-0.1, -0.05) is 19.9 Å². The Kier molecular flexibility index (Phi) is 6.85. The maximum absolute atomic E-state index is 15.7. The summed E-state index contributed by atoms with van der Waals surface area (Å²) in [4.78, 5) is 13.5. The van der Waals surface area contributed by atoms with E-state index in [0.717, 1.165) is 55.1 Å². The van der Waals surface area contributed by atoms with Gasteiger partial charge in [-0.05, 0) is 99.3 Å². The number of sulfone groups is 1. The molecule has 1 N–H and O–H groups in total. The zero-order valence-corrected chi connectivity index (χ0v) is 23.5. The summed E-state index contributed by atoms with van der Waals surface area (Å²) < 4.78 is 39.3. The van der Waals surface area contributed by atoms with Crippen molar-refractivity contribution in [2.24, 2.45) is 5.92 Å². The molecule has 0 radical (unpaired) electrons. The highest BCUT2D eigenvalue weighted by Crippen LogP contribution is 2.40. The Morgan fingerprint density at radius 2 is 1.63 bits per heavy atom. The van der Waals surface area contributed by atoms with E-state index in [2.05, 4.69) is 33.6 Å². The van der Waals surface area contributed by atoms with Gasteiger partial charge in [-0.15, -0.1) is 0 Å². The van der Waals surface area contributed by atoms with E-state index in [-0.39, 0.29) is 16.6 Å². The lowest BCUT2D eigenvalue weighted by molar-refractivity contribution is 0.0402. The van der Waals surface area contributed by atoms with Gasteiger partial charge in [0, 0.05) is 36.5 Å². The second-order valence-corrected chi connectivity index (χ2v) is 14.2. The summed E-state index contributed by atoms with van der Waals surface area (Å²) in [6, 6.07) is 12.5. The van der Waals surface area contributed by atoms with Gasteiger partial charge in [0.1, 0.15) is 11.3 Å². The highest BCUT2D eigenvalue weighted by molar-refractivity contribution is 7.90. The van der Waals surface area contributed by atoms with Gasteiger partial charge in [-0.3, -0.25) is 4.90 Å². The van der Waals surface area contributed by atoms with Gasteiger partial charge in [-0.2, -0.15) is 0 Å². The lowest BCUT2D eigenvalue weighted by atomic mass is 9.86. The molecule has 8 heteroatoms. The van der Waals surface area contributed by atoms with Crippen molar-refractivity contribution in [3.63, 3.8) is 0 Å². The van der Waals surface area contributed by atoms with Crippen molar-refractivity contribution in [1.29, 1.82) is 0 Å². The molecule has 2 aromatic carbocycles. The van der Waals surface area contributed by atoms with Crippen molar-refractivity contribution in [2.45, 2.75) is 81.3 Å². The van der Waals surface area contributed by atoms with E-state index in [1.165, 1.54) is 38.5 Å². The number of piperidine rings is 2. The number of imidazole rings is 1. The molecule has 3 aliphatic rings. The van der Waals surface area contributed by atoms with Crippen LogP contribution in [0.25, 0.3) is 22.4 Å². The number of aromatic amines is 1. The number of nitrogens with zero attached hydrogens (tertiary/aromatic N) is 3. The molecule has 2 bridgehead atoms. The van der Waals surface area contributed by atoms with Crippen LogP contribution in [-0.4, -0.2) is 72.2 Å². The minimum absolute atomic E-state index is 0.201. The minimum atomic E-state index is -3.27. The number of hydrogen-bond donors (Lipinski definition) is 1. The van der Waals surface area contributed by atoms with E-state index in [1.54, 1.807) is 24.3 Å². The normalized spacial score (nSPS) is 25.6. The van der Waals surface area contributed by atoms with Crippen LogP contribution >= 0.6 is 0 Å².